The highest BCUT2D eigenvalue weighted by Crippen LogP contribution is 2.13. The number of nitrogens with zero attached hydrogens (tertiary/aromatic N) is 2. The molecule has 1 aliphatic rings. The van der Waals surface area contributed by atoms with E-state index < -0.39 is 5.97 Å². The van der Waals surface area contributed by atoms with E-state index in [9.17, 15) is 4.79 Å². The monoisotopic (exact) mass is 200 g/mol. The summed E-state index contributed by atoms with van der Waals surface area (Å²) in [5, 5.41) is 8.57. The van der Waals surface area contributed by atoms with E-state index in [1.807, 2.05) is 7.05 Å². The Morgan fingerprint density at radius 2 is 2.07 bits per heavy atom. The lowest BCUT2D eigenvalue weighted by Crippen LogP contribution is -2.42. The highest BCUT2D eigenvalue weighted by Gasteiger charge is 2.20. The van der Waals surface area contributed by atoms with Crippen molar-refractivity contribution in [2.24, 2.45) is 0 Å². The number of carboxylic acid groups (broad SMARTS) is 1. The van der Waals surface area contributed by atoms with Crippen LogP contribution in [-0.2, 0) is 4.79 Å². The van der Waals surface area contributed by atoms with Crippen LogP contribution in [-0.4, -0.2) is 60.6 Å². The second kappa shape index (κ2) is 5.32. The highest BCUT2D eigenvalue weighted by atomic mass is 16.4. The van der Waals surface area contributed by atoms with Crippen molar-refractivity contribution in [3.05, 3.63) is 0 Å². The number of carbonyl (C=O) groups is 1. The van der Waals surface area contributed by atoms with Gasteiger partial charge in [0, 0.05) is 12.6 Å². The molecule has 0 atom stereocenters. The largest absolute Gasteiger partial charge is 0.481 e. The molecule has 0 aromatic carbocycles. The van der Waals surface area contributed by atoms with Gasteiger partial charge in [-0.3, -0.25) is 4.79 Å². The van der Waals surface area contributed by atoms with E-state index in [-0.39, 0.29) is 6.42 Å². The predicted molar refractivity (Wildman–Crippen MR) is 55.4 cm³/mol. The molecule has 0 aromatic rings. The first-order chi connectivity index (χ1) is 6.59. The molecule has 0 spiro atoms. The summed E-state index contributed by atoms with van der Waals surface area (Å²) in [6.07, 6.45) is 2.57. The molecule has 4 nitrogen and oxygen atoms in total. The van der Waals surface area contributed by atoms with Crippen molar-refractivity contribution in [3.8, 4) is 0 Å². The molecule has 0 unspecified atom stereocenters. The van der Waals surface area contributed by atoms with Crippen molar-refractivity contribution in [3.63, 3.8) is 0 Å². The summed E-state index contributed by atoms with van der Waals surface area (Å²) in [5.74, 6) is -0.704. The summed E-state index contributed by atoms with van der Waals surface area (Å²) < 4.78 is 0. The maximum absolute atomic E-state index is 10.4. The molecule has 82 valence electrons. The quantitative estimate of drug-likeness (QED) is 0.717. The lowest BCUT2D eigenvalue weighted by molar-refractivity contribution is -0.137. The summed E-state index contributed by atoms with van der Waals surface area (Å²) in [5.41, 5.74) is 0. The summed E-state index contributed by atoms with van der Waals surface area (Å²) in [6, 6.07) is 0.575. The molecule has 0 saturated carbocycles. The predicted octanol–water partition coefficient (Wildman–Crippen LogP) is 0.487. The molecule has 0 aromatic heterocycles. The van der Waals surface area contributed by atoms with Crippen molar-refractivity contribution < 1.29 is 9.90 Å². The van der Waals surface area contributed by atoms with Crippen LogP contribution in [0.2, 0.25) is 0 Å². The second-order valence-corrected chi connectivity index (χ2v) is 4.16. The Bertz CT molecular complexity index is 189. The maximum Gasteiger partial charge on any atom is 0.304 e. The molecule has 1 fully saturated rings. The maximum atomic E-state index is 10.4. The van der Waals surface area contributed by atoms with Gasteiger partial charge < -0.3 is 14.9 Å². The molecule has 4 heteroatoms. The SMILES string of the molecule is CN1CCC(N(C)CCC(=O)O)CC1. The fourth-order valence-electron chi connectivity index (χ4n) is 1.89. The number of piperidine rings is 1. The molecule has 14 heavy (non-hydrogen) atoms. The Balaban J connectivity index is 2.23. The molecular weight excluding hydrogens is 180 g/mol. The number of rotatable bonds is 4. The van der Waals surface area contributed by atoms with Crippen LogP contribution in [0.1, 0.15) is 19.3 Å². The Labute approximate surface area is 85.5 Å². The van der Waals surface area contributed by atoms with Gasteiger partial charge in [-0.1, -0.05) is 0 Å². The summed E-state index contributed by atoms with van der Waals surface area (Å²) >= 11 is 0. The van der Waals surface area contributed by atoms with Crippen LogP contribution < -0.4 is 0 Å². The summed E-state index contributed by atoms with van der Waals surface area (Å²) in [7, 11) is 4.16. The van der Waals surface area contributed by atoms with E-state index in [2.05, 4.69) is 16.8 Å². The molecular formula is C10H20N2O2. The van der Waals surface area contributed by atoms with E-state index in [0.29, 0.717) is 12.6 Å². The fraction of sp³-hybridized carbons (Fsp3) is 0.900. The van der Waals surface area contributed by atoms with Crippen molar-refractivity contribution in [2.45, 2.75) is 25.3 Å². The van der Waals surface area contributed by atoms with Crippen molar-refractivity contribution in [1.29, 1.82) is 0 Å². The second-order valence-electron chi connectivity index (χ2n) is 4.16. The first kappa shape index (κ1) is 11.5. The highest BCUT2D eigenvalue weighted by molar-refractivity contribution is 5.66. The Morgan fingerprint density at radius 1 is 1.50 bits per heavy atom. The minimum atomic E-state index is -0.704. The van der Waals surface area contributed by atoms with E-state index in [0.717, 1.165) is 25.9 Å². The summed E-state index contributed by atoms with van der Waals surface area (Å²) in [4.78, 5) is 14.9. The molecule has 0 radical (unpaired) electrons. The lowest BCUT2D eigenvalue weighted by atomic mass is 10.0. The van der Waals surface area contributed by atoms with Crippen molar-refractivity contribution >= 4 is 5.97 Å². The number of hydrogen-bond donors (Lipinski definition) is 1. The van der Waals surface area contributed by atoms with Gasteiger partial charge in [0.05, 0.1) is 6.42 Å². The third-order valence-electron chi connectivity index (χ3n) is 2.99. The smallest absolute Gasteiger partial charge is 0.304 e. The number of hydrogen-bond acceptors (Lipinski definition) is 3. The topological polar surface area (TPSA) is 43.8 Å². The zero-order valence-corrected chi connectivity index (χ0v) is 9.07. The minimum absolute atomic E-state index is 0.253. The third-order valence-corrected chi connectivity index (χ3v) is 2.99. The van der Waals surface area contributed by atoms with E-state index >= 15 is 0 Å². The lowest BCUT2D eigenvalue weighted by Gasteiger charge is -2.34. The van der Waals surface area contributed by atoms with Crippen LogP contribution in [0.25, 0.3) is 0 Å². The molecule has 1 heterocycles. The zero-order valence-electron chi connectivity index (χ0n) is 9.07. The van der Waals surface area contributed by atoms with Gasteiger partial charge in [-0.05, 0) is 40.0 Å². The molecule has 1 rings (SSSR count). The Hall–Kier alpha value is -0.610. The van der Waals surface area contributed by atoms with Crippen LogP contribution in [0, 0.1) is 0 Å². The Kier molecular flexibility index (Phi) is 4.35. The average Bonchev–Trinajstić information content (AvgIpc) is 2.15. The van der Waals surface area contributed by atoms with Gasteiger partial charge in [-0.25, -0.2) is 0 Å². The molecule has 0 amide bonds. The third kappa shape index (κ3) is 3.64. The first-order valence-electron chi connectivity index (χ1n) is 5.20. The van der Waals surface area contributed by atoms with Crippen molar-refractivity contribution in [1.82, 2.24) is 9.80 Å². The van der Waals surface area contributed by atoms with E-state index in [1.165, 1.54) is 0 Å². The number of aliphatic carboxylic acids is 1. The molecule has 0 aliphatic carbocycles. The van der Waals surface area contributed by atoms with Crippen molar-refractivity contribution in [2.75, 3.05) is 33.7 Å². The van der Waals surface area contributed by atoms with Gasteiger partial charge in [-0.2, -0.15) is 0 Å². The van der Waals surface area contributed by atoms with Crippen LogP contribution in [0.15, 0.2) is 0 Å². The van der Waals surface area contributed by atoms with Gasteiger partial charge in [-0.15, -0.1) is 0 Å². The molecule has 1 saturated heterocycles. The fourth-order valence-corrected chi connectivity index (χ4v) is 1.89. The van der Waals surface area contributed by atoms with Crippen LogP contribution >= 0.6 is 0 Å². The van der Waals surface area contributed by atoms with Gasteiger partial charge in [0.25, 0.3) is 0 Å². The molecule has 1 aliphatic heterocycles. The van der Waals surface area contributed by atoms with Crippen LogP contribution in [0.3, 0.4) is 0 Å². The van der Waals surface area contributed by atoms with Gasteiger partial charge in [0.1, 0.15) is 0 Å². The normalized spacial score (nSPS) is 20.2. The van der Waals surface area contributed by atoms with Gasteiger partial charge >= 0.3 is 5.97 Å². The average molecular weight is 200 g/mol. The Morgan fingerprint density at radius 3 is 2.57 bits per heavy atom. The van der Waals surface area contributed by atoms with E-state index in [4.69, 9.17) is 5.11 Å². The standard InChI is InChI=1S/C10H20N2O2/c1-11-6-3-9(4-7-11)12(2)8-5-10(13)14/h9H,3-8H2,1-2H3,(H,13,14). The van der Waals surface area contributed by atoms with E-state index in [1.54, 1.807) is 0 Å². The zero-order chi connectivity index (χ0) is 10.6. The van der Waals surface area contributed by atoms with Crippen LogP contribution in [0.4, 0.5) is 0 Å². The number of likely N-dealkylation sites (tertiary alicyclic amines) is 1. The molecule has 1 N–H and O–H groups in total. The number of carboxylic acids is 1. The first-order valence-corrected chi connectivity index (χ1v) is 5.20. The molecule has 0 bridgehead atoms. The summed E-state index contributed by atoms with van der Waals surface area (Å²) in [6.45, 7) is 2.92. The van der Waals surface area contributed by atoms with Gasteiger partial charge in [0.2, 0.25) is 0 Å². The van der Waals surface area contributed by atoms with Gasteiger partial charge in [0.15, 0.2) is 0 Å². The van der Waals surface area contributed by atoms with Crippen LogP contribution in [0.5, 0.6) is 0 Å². The minimum Gasteiger partial charge on any atom is -0.481 e.